The van der Waals surface area contributed by atoms with Gasteiger partial charge >= 0.3 is 6.18 Å². The van der Waals surface area contributed by atoms with Crippen LogP contribution in [0.1, 0.15) is 19.4 Å². The highest BCUT2D eigenvalue weighted by atomic mass is 32.2. The minimum Gasteiger partial charge on any atom is -0.356 e. The second kappa shape index (κ2) is 8.76. The van der Waals surface area contributed by atoms with Gasteiger partial charge in [-0.05, 0) is 44.2 Å². The fourth-order valence-corrected chi connectivity index (χ4v) is 4.81. The van der Waals surface area contributed by atoms with Gasteiger partial charge in [-0.15, -0.1) is 10.2 Å². The van der Waals surface area contributed by atoms with Crippen LogP contribution in [0.4, 0.5) is 24.8 Å². The molecule has 0 saturated carbocycles. The van der Waals surface area contributed by atoms with Crippen LogP contribution >= 0.6 is 0 Å². The van der Waals surface area contributed by atoms with Crippen molar-refractivity contribution in [1.29, 1.82) is 0 Å². The minimum atomic E-state index is -4.60. The number of sulfonamides is 1. The summed E-state index contributed by atoms with van der Waals surface area (Å²) in [6.07, 6.45) is -4.60. The van der Waals surface area contributed by atoms with Gasteiger partial charge in [0.25, 0.3) is 0 Å². The molecule has 0 amide bonds. The van der Waals surface area contributed by atoms with Gasteiger partial charge in [0.05, 0.1) is 10.5 Å². The van der Waals surface area contributed by atoms with E-state index in [1.54, 1.807) is 0 Å². The van der Waals surface area contributed by atoms with E-state index in [9.17, 15) is 21.6 Å². The van der Waals surface area contributed by atoms with Crippen molar-refractivity contribution < 1.29 is 21.6 Å². The van der Waals surface area contributed by atoms with Crippen LogP contribution in [0, 0.1) is 0 Å². The number of benzene rings is 1. The highest BCUT2D eigenvalue weighted by Crippen LogP contribution is 2.31. The van der Waals surface area contributed by atoms with E-state index in [0.29, 0.717) is 25.0 Å². The Labute approximate surface area is 174 Å². The lowest BCUT2D eigenvalue weighted by atomic mass is 10.2. The molecule has 1 aromatic carbocycles. The van der Waals surface area contributed by atoms with Crippen LogP contribution < -0.4 is 9.80 Å². The van der Waals surface area contributed by atoms with Crippen molar-refractivity contribution in [1.82, 2.24) is 14.5 Å². The molecule has 0 unspecified atom stereocenters. The zero-order valence-corrected chi connectivity index (χ0v) is 17.6. The molecule has 30 heavy (non-hydrogen) atoms. The van der Waals surface area contributed by atoms with Gasteiger partial charge in [0.15, 0.2) is 11.6 Å². The summed E-state index contributed by atoms with van der Waals surface area (Å²) in [6.45, 7) is 6.74. The monoisotopic (exact) mass is 443 g/mol. The van der Waals surface area contributed by atoms with Crippen molar-refractivity contribution in [2.75, 3.05) is 49.1 Å². The van der Waals surface area contributed by atoms with Crippen LogP contribution in [-0.2, 0) is 16.2 Å². The number of nitrogens with zero attached hydrogens (tertiary/aromatic N) is 5. The summed E-state index contributed by atoms with van der Waals surface area (Å²) < 4.78 is 65.6. The Morgan fingerprint density at radius 2 is 1.67 bits per heavy atom. The maximum atomic E-state index is 12.9. The highest BCUT2D eigenvalue weighted by Gasteiger charge is 2.34. The molecule has 11 heteroatoms. The first kappa shape index (κ1) is 22.3. The first-order valence-electron chi connectivity index (χ1n) is 9.68. The van der Waals surface area contributed by atoms with E-state index >= 15 is 0 Å². The third kappa shape index (κ3) is 4.67. The van der Waals surface area contributed by atoms with E-state index in [-0.39, 0.29) is 18.0 Å². The normalized spacial score (nSPS) is 16.0. The van der Waals surface area contributed by atoms with Crippen LogP contribution in [0.2, 0.25) is 0 Å². The molecule has 1 saturated heterocycles. The van der Waals surface area contributed by atoms with Crippen molar-refractivity contribution in [3.05, 3.63) is 42.0 Å². The molecule has 1 aromatic heterocycles. The molecular weight excluding hydrogens is 419 g/mol. The molecule has 0 bridgehead atoms. The molecule has 1 aliphatic heterocycles. The third-order valence-corrected chi connectivity index (χ3v) is 6.98. The molecule has 0 radical (unpaired) electrons. The third-order valence-electron chi connectivity index (χ3n) is 5.09. The SMILES string of the molecule is CCN(CC)c1ccc(N2CCN(S(=O)(=O)c3cccc(C(F)(F)F)c3)CC2)nn1. The van der Waals surface area contributed by atoms with E-state index in [1.807, 2.05) is 30.9 Å². The topological polar surface area (TPSA) is 69.6 Å². The summed E-state index contributed by atoms with van der Waals surface area (Å²) in [4.78, 5) is 3.63. The van der Waals surface area contributed by atoms with Crippen molar-refractivity contribution in [2.45, 2.75) is 24.9 Å². The van der Waals surface area contributed by atoms with Gasteiger partial charge in [0.2, 0.25) is 10.0 Å². The molecule has 2 aromatic rings. The molecule has 0 aliphatic carbocycles. The molecule has 1 aliphatic rings. The number of alkyl halides is 3. The lowest BCUT2D eigenvalue weighted by molar-refractivity contribution is -0.137. The van der Waals surface area contributed by atoms with Crippen molar-refractivity contribution in [3.8, 4) is 0 Å². The first-order valence-corrected chi connectivity index (χ1v) is 11.1. The molecule has 7 nitrogen and oxygen atoms in total. The maximum absolute atomic E-state index is 12.9. The zero-order valence-electron chi connectivity index (χ0n) is 16.8. The smallest absolute Gasteiger partial charge is 0.356 e. The van der Waals surface area contributed by atoms with E-state index in [1.165, 1.54) is 10.4 Å². The highest BCUT2D eigenvalue weighted by molar-refractivity contribution is 7.89. The van der Waals surface area contributed by atoms with Crippen LogP contribution in [0.5, 0.6) is 0 Å². The lowest BCUT2D eigenvalue weighted by Crippen LogP contribution is -2.49. The average Bonchev–Trinajstić information content (AvgIpc) is 2.75. The fraction of sp³-hybridized carbons (Fsp3) is 0.474. The number of piperazine rings is 1. The van der Waals surface area contributed by atoms with Crippen LogP contribution in [-0.4, -0.2) is 62.2 Å². The summed E-state index contributed by atoms with van der Waals surface area (Å²) in [5.41, 5.74) is -0.981. The molecule has 2 heterocycles. The number of anilines is 2. The lowest BCUT2D eigenvalue weighted by Gasteiger charge is -2.34. The Morgan fingerprint density at radius 3 is 2.20 bits per heavy atom. The van der Waals surface area contributed by atoms with E-state index in [2.05, 4.69) is 15.1 Å². The van der Waals surface area contributed by atoms with Gasteiger partial charge < -0.3 is 9.80 Å². The zero-order chi connectivity index (χ0) is 21.9. The van der Waals surface area contributed by atoms with Gasteiger partial charge in [-0.1, -0.05) is 6.07 Å². The van der Waals surface area contributed by atoms with Gasteiger partial charge in [0, 0.05) is 39.3 Å². The summed E-state index contributed by atoms with van der Waals surface area (Å²) in [7, 11) is -4.01. The molecule has 0 atom stereocenters. The average molecular weight is 443 g/mol. The summed E-state index contributed by atoms with van der Waals surface area (Å²) >= 11 is 0. The van der Waals surface area contributed by atoms with Crippen molar-refractivity contribution >= 4 is 21.7 Å². The van der Waals surface area contributed by atoms with Gasteiger partial charge in [-0.3, -0.25) is 0 Å². The van der Waals surface area contributed by atoms with Crippen molar-refractivity contribution in [3.63, 3.8) is 0 Å². The maximum Gasteiger partial charge on any atom is 0.416 e. The van der Waals surface area contributed by atoms with Gasteiger partial charge in [-0.25, -0.2) is 8.42 Å². The van der Waals surface area contributed by atoms with E-state index in [4.69, 9.17) is 0 Å². The predicted molar refractivity (Wildman–Crippen MR) is 108 cm³/mol. The molecule has 0 spiro atoms. The largest absolute Gasteiger partial charge is 0.416 e. The molecule has 3 rings (SSSR count). The van der Waals surface area contributed by atoms with Gasteiger partial charge in [-0.2, -0.15) is 17.5 Å². The quantitative estimate of drug-likeness (QED) is 0.684. The Hall–Kier alpha value is -2.40. The number of rotatable bonds is 6. The Kier molecular flexibility index (Phi) is 6.51. The second-order valence-corrected chi connectivity index (χ2v) is 8.78. The van der Waals surface area contributed by atoms with Crippen molar-refractivity contribution in [2.24, 2.45) is 0 Å². The Balaban J connectivity index is 1.69. The summed E-state index contributed by atoms with van der Waals surface area (Å²) in [5.74, 6) is 1.41. The number of aromatic nitrogens is 2. The van der Waals surface area contributed by atoms with Crippen LogP contribution in [0.3, 0.4) is 0 Å². The molecule has 0 N–H and O–H groups in total. The molecule has 1 fully saturated rings. The fourth-order valence-electron chi connectivity index (χ4n) is 3.34. The molecular formula is C19H24F3N5O2S. The standard InChI is InChI=1S/C19H24F3N5O2S/c1-3-25(4-2)17-8-9-18(24-23-17)26-10-12-27(13-11-26)30(28,29)16-7-5-6-15(14-16)19(20,21)22/h5-9,14H,3-4,10-13H2,1-2H3. The summed E-state index contributed by atoms with van der Waals surface area (Å²) in [6, 6.07) is 7.56. The predicted octanol–water partition coefficient (Wildman–Crippen LogP) is 2.85. The second-order valence-electron chi connectivity index (χ2n) is 6.84. The van der Waals surface area contributed by atoms with Crippen LogP contribution in [0.15, 0.2) is 41.3 Å². The van der Waals surface area contributed by atoms with Gasteiger partial charge in [0.1, 0.15) is 0 Å². The first-order chi connectivity index (χ1) is 14.2. The summed E-state index contributed by atoms with van der Waals surface area (Å²) in [5, 5.41) is 8.48. The van der Waals surface area contributed by atoms with E-state index < -0.39 is 21.8 Å². The molecule has 164 valence electrons. The Bertz CT molecular complexity index is 955. The van der Waals surface area contributed by atoms with Crippen LogP contribution in [0.25, 0.3) is 0 Å². The van der Waals surface area contributed by atoms with E-state index in [0.717, 1.165) is 31.0 Å². The number of hydrogen-bond donors (Lipinski definition) is 0. The minimum absolute atomic E-state index is 0.151. The number of halogens is 3. The number of hydrogen-bond acceptors (Lipinski definition) is 6. The Morgan fingerprint density at radius 1 is 1.00 bits per heavy atom.